The molecule has 3 aliphatic rings. The van der Waals surface area contributed by atoms with Gasteiger partial charge in [0, 0.05) is 0 Å². The van der Waals surface area contributed by atoms with Crippen LogP contribution in [-0.2, 0) is 14.3 Å². The monoisotopic (exact) mass is 298 g/mol. The molecule has 4 atom stereocenters. The lowest BCUT2D eigenvalue weighted by Crippen LogP contribution is -2.38. The van der Waals surface area contributed by atoms with Crippen LogP contribution in [0, 0.1) is 11.8 Å². The van der Waals surface area contributed by atoms with E-state index in [1.165, 1.54) is 18.2 Å². The van der Waals surface area contributed by atoms with Crippen molar-refractivity contribution in [1.82, 2.24) is 0 Å². The van der Waals surface area contributed by atoms with E-state index in [1.54, 1.807) is 13.0 Å². The van der Waals surface area contributed by atoms with Crippen LogP contribution in [0.4, 0.5) is 5.69 Å². The van der Waals surface area contributed by atoms with E-state index in [4.69, 9.17) is 4.74 Å². The predicted octanol–water partition coefficient (Wildman–Crippen LogP) is -0.117. The minimum atomic E-state index is -1.35. The van der Waals surface area contributed by atoms with Gasteiger partial charge in [-0.1, -0.05) is 24.3 Å². The minimum Gasteiger partial charge on any atom is -0.545 e. The second kappa shape index (κ2) is 4.04. The Kier molecular flexibility index (Phi) is 2.43. The van der Waals surface area contributed by atoms with Gasteiger partial charge in [-0.05, 0) is 24.6 Å². The topological polar surface area (TPSA) is 86.7 Å². The Balaban J connectivity index is 1.77. The molecule has 0 radical (unpaired) electrons. The number of rotatable bonds is 2. The molecule has 2 bridgehead atoms. The number of anilines is 1. The largest absolute Gasteiger partial charge is 0.545 e. The lowest BCUT2D eigenvalue weighted by Gasteiger charge is -2.24. The molecule has 3 aliphatic heterocycles. The normalized spacial score (nSPS) is 35.3. The summed E-state index contributed by atoms with van der Waals surface area (Å²) in [6.45, 7) is 1.79. The number of ether oxygens (including phenoxy) is 1. The van der Waals surface area contributed by atoms with Crippen LogP contribution in [0.5, 0.6) is 0 Å². The number of benzene rings is 1. The maximum Gasteiger partial charge on any atom is 0.241 e. The highest BCUT2D eigenvalue weighted by Crippen LogP contribution is 2.52. The molecule has 22 heavy (non-hydrogen) atoms. The SMILES string of the molecule is C[C@]12C=C[C@@H](O1)[C@H]1C(=O)N(c3cccc(C(=O)[O-])c3)C(=O)[C@@H]12. The summed E-state index contributed by atoms with van der Waals surface area (Å²) in [4.78, 5) is 37.4. The zero-order valence-electron chi connectivity index (χ0n) is 11.7. The lowest BCUT2D eigenvalue weighted by atomic mass is 9.78. The Hall–Kier alpha value is -2.47. The molecule has 1 aromatic rings. The summed E-state index contributed by atoms with van der Waals surface area (Å²) in [5, 5.41) is 11.0. The van der Waals surface area contributed by atoms with E-state index in [2.05, 4.69) is 0 Å². The van der Waals surface area contributed by atoms with Gasteiger partial charge < -0.3 is 14.6 Å². The fourth-order valence-electron chi connectivity index (χ4n) is 3.68. The second-order valence-corrected chi connectivity index (χ2v) is 5.98. The van der Waals surface area contributed by atoms with Gasteiger partial charge in [0.15, 0.2) is 0 Å². The summed E-state index contributed by atoms with van der Waals surface area (Å²) in [6, 6.07) is 5.67. The van der Waals surface area contributed by atoms with Crippen molar-refractivity contribution >= 4 is 23.5 Å². The summed E-state index contributed by atoms with van der Waals surface area (Å²) in [7, 11) is 0. The number of aromatic carboxylic acids is 1. The van der Waals surface area contributed by atoms with Crippen LogP contribution >= 0.6 is 0 Å². The molecule has 2 saturated heterocycles. The first-order valence-electron chi connectivity index (χ1n) is 6.99. The summed E-state index contributed by atoms with van der Waals surface area (Å²) in [6.07, 6.45) is 3.25. The van der Waals surface area contributed by atoms with Crippen molar-refractivity contribution < 1.29 is 24.2 Å². The highest BCUT2D eigenvalue weighted by atomic mass is 16.5. The molecule has 0 spiro atoms. The van der Waals surface area contributed by atoms with Crippen LogP contribution in [0.15, 0.2) is 36.4 Å². The maximum absolute atomic E-state index is 12.7. The van der Waals surface area contributed by atoms with E-state index >= 15 is 0 Å². The Labute approximate surface area is 126 Å². The van der Waals surface area contributed by atoms with Gasteiger partial charge in [0.2, 0.25) is 11.8 Å². The molecule has 0 unspecified atom stereocenters. The van der Waals surface area contributed by atoms with E-state index in [-0.39, 0.29) is 29.2 Å². The van der Waals surface area contributed by atoms with Gasteiger partial charge in [-0.15, -0.1) is 0 Å². The zero-order chi connectivity index (χ0) is 15.6. The first-order chi connectivity index (χ1) is 10.4. The van der Waals surface area contributed by atoms with Gasteiger partial charge in [-0.3, -0.25) is 9.59 Å². The fraction of sp³-hybridized carbons (Fsp3) is 0.312. The molecule has 6 nitrogen and oxygen atoms in total. The third-order valence-electron chi connectivity index (χ3n) is 4.67. The smallest absolute Gasteiger partial charge is 0.241 e. The third kappa shape index (κ3) is 1.50. The van der Waals surface area contributed by atoms with Gasteiger partial charge in [0.1, 0.15) is 0 Å². The molecule has 0 N–H and O–H groups in total. The molecular weight excluding hydrogens is 286 g/mol. The van der Waals surface area contributed by atoms with Crippen molar-refractivity contribution in [3.05, 3.63) is 42.0 Å². The molecule has 112 valence electrons. The summed E-state index contributed by atoms with van der Waals surface area (Å²) < 4.78 is 5.73. The Morgan fingerprint density at radius 1 is 1.32 bits per heavy atom. The van der Waals surface area contributed by atoms with E-state index < -0.39 is 23.4 Å². The van der Waals surface area contributed by atoms with Gasteiger partial charge in [0.05, 0.1) is 35.2 Å². The van der Waals surface area contributed by atoms with Crippen LogP contribution in [0.2, 0.25) is 0 Å². The first-order valence-corrected chi connectivity index (χ1v) is 6.99. The number of fused-ring (bicyclic) bond motifs is 5. The van der Waals surface area contributed by atoms with Crippen molar-refractivity contribution in [2.24, 2.45) is 11.8 Å². The van der Waals surface area contributed by atoms with Crippen LogP contribution in [-0.4, -0.2) is 29.5 Å². The number of amides is 2. The number of carbonyl (C=O) groups excluding carboxylic acids is 3. The van der Waals surface area contributed by atoms with Crippen LogP contribution in [0.3, 0.4) is 0 Å². The third-order valence-corrected chi connectivity index (χ3v) is 4.67. The van der Waals surface area contributed by atoms with Gasteiger partial charge in [-0.25, -0.2) is 4.90 Å². The molecule has 0 aromatic heterocycles. The number of imide groups is 1. The van der Waals surface area contributed by atoms with E-state index in [0.717, 1.165) is 4.90 Å². The van der Waals surface area contributed by atoms with Crippen molar-refractivity contribution in [3.63, 3.8) is 0 Å². The molecule has 3 heterocycles. The van der Waals surface area contributed by atoms with Gasteiger partial charge in [-0.2, -0.15) is 0 Å². The maximum atomic E-state index is 12.7. The number of hydrogen-bond donors (Lipinski definition) is 0. The highest BCUT2D eigenvalue weighted by molar-refractivity contribution is 6.23. The van der Waals surface area contributed by atoms with Crippen molar-refractivity contribution in [1.29, 1.82) is 0 Å². The van der Waals surface area contributed by atoms with Crippen molar-refractivity contribution in [3.8, 4) is 0 Å². The lowest BCUT2D eigenvalue weighted by molar-refractivity contribution is -0.255. The zero-order valence-corrected chi connectivity index (χ0v) is 11.7. The minimum absolute atomic E-state index is 0.0706. The van der Waals surface area contributed by atoms with Gasteiger partial charge >= 0.3 is 0 Å². The molecule has 1 aromatic carbocycles. The van der Waals surface area contributed by atoms with Crippen molar-refractivity contribution in [2.75, 3.05) is 4.90 Å². The summed E-state index contributed by atoms with van der Waals surface area (Å²) in [5.41, 5.74) is -0.573. The Morgan fingerprint density at radius 3 is 2.77 bits per heavy atom. The van der Waals surface area contributed by atoms with Crippen molar-refractivity contribution in [2.45, 2.75) is 18.6 Å². The molecule has 0 aliphatic carbocycles. The van der Waals surface area contributed by atoms with E-state index in [1.807, 2.05) is 12.2 Å². The number of carboxylic acids is 1. The number of hydrogen-bond acceptors (Lipinski definition) is 5. The molecule has 2 amide bonds. The van der Waals surface area contributed by atoms with Crippen LogP contribution in [0.1, 0.15) is 17.3 Å². The van der Waals surface area contributed by atoms with E-state index in [0.29, 0.717) is 0 Å². The number of nitrogens with zero attached hydrogens (tertiary/aromatic N) is 1. The Morgan fingerprint density at radius 2 is 2.09 bits per heavy atom. The van der Waals surface area contributed by atoms with Gasteiger partial charge in [0.25, 0.3) is 0 Å². The highest BCUT2D eigenvalue weighted by Gasteiger charge is 2.66. The predicted molar refractivity (Wildman–Crippen MR) is 72.7 cm³/mol. The summed E-state index contributed by atoms with van der Waals surface area (Å²) >= 11 is 0. The quantitative estimate of drug-likeness (QED) is 0.561. The molecule has 0 saturated carbocycles. The molecule has 6 heteroatoms. The Bertz CT molecular complexity index is 755. The van der Waals surface area contributed by atoms with E-state index in [9.17, 15) is 19.5 Å². The number of carbonyl (C=O) groups is 3. The second-order valence-electron chi connectivity index (χ2n) is 5.98. The molecular formula is C16H12NO5-. The standard InChI is InChI=1S/C16H13NO5/c1-16-6-5-10(22-16)11-12(16)14(19)17(13(11)18)9-4-2-3-8(7-9)15(20)21/h2-7,10-12H,1H3,(H,20,21)/p-1/t10-,11-,12-,16-/m1/s1. The summed E-state index contributed by atoms with van der Waals surface area (Å²) in [5.74, 6) is -3.13. The fourth-order valence-corrected chi connectivity index (χ4v) is 3.68. The average molecular weight is 298 g/mol. The van der Waals surface area contributed by atoms with Crippen LogP contribution in [0.25, 0.3) is 0 Å². The molecule has 2 fully saturated rings. The molecule has 4 rings (SSSR count). The average Bonchev–Trinajstić information content (AvgIpc) is 3.08. The first kappa shape index (κ1) is 13.2. The van der Waals surface area contributed by atoms with Crippen LogP contribution < -0.4 is 10.0 Å². The number of carboxylic acid groups (broad SMARTS) is 1.